The van der Waals surface area contributed by atoms with Crippen LogP contribution in [0.3, 0.4) is 0 Å². The number of fused-ring (bicyclic) bond motifs is 4. The summed E-state index contributed by atoms with van der Waals surface area (Å²) < 4.78 is 0. The molecule has 0 bridgehead atoms. The van der Waals surface area contributed by atoms with Crippen LogP contribution in [-0.2, 0) is 0 Å². The summed E-state index contributed by atoms with van der Waals surface area (Å²) in [6.45, 7) is 7.06. The molecule has 2 aliphatic rings. The van der Waals surface area contributed by atoms with Crippen LogP contribution in [0.1, 0.15) is 80.5 Å². The van der Waals surface area contributed by atoms with E-state index in [2.05, 4.69) is 118 Å². The lowest BCUT2D eigenvalue weighted by molar-refractivity contribution is 0.377. The third-order valence-electron chi connectivity index (χ3n) is 8.65. The normalized spacial score (nSPS) is 19.1. The highest BCUT2D eigenvalue weighted by atomic mass is 14.4. The van der Waals surface area contributed by atoms with Crippen LogP contribution in [0.25, 0.3) is 34.1 Å². The summed E-state index contributed by atoms with van der Waals surface area (Å²) in [5.41, 5.74) is 11.9. The second kappa shape index (κ2) is 9.58. The molecule has 0 nitrogen and oxygen atoms in total. The first-order valence-electron chi connectivity index (χ1n) is 13.9. The van der Waals surface area contributed by atoms with Crippen LogP contribution in [0, 0.1) is 5.92 Å². The van der Waals surface area contributed by atoms with Crippen molar-refractivity contribution in [2.45, 2.75) is 58.3 Å². The zero-order valence-corrected chi connectivity index (χ0v) is 21.8. The molecule has 2 aliphatic carbocycles. The molecule has 0 N–H and O–H groups in total. The Morgan fingerprint density at radius 1 is 0.611 bits per heavy atom. The molecule has 4 aromatic rings. The van der Waals surface area contributed by atoms with E-state index in [1.54, 1.807) is 16.7 Å². The van der Waals surface area contributed by atoms with Gasteiger partial charge in [0.2, 0.25) is 0 Å². The minimum Gasteiger partial charge on any atom is -0.0654 e. The molecule has 6 rings (SSSR count). The van der Waals surface area contributed by atoms with Gasteiger partial charge in [-0.25, -0.2) is 0 Å². The molecule has 0 radical (unpaired) electrons. The summed E-state index contributed by atoms with van der Waals surface area (Å²) in [7, 11) is 0. The van der Waals surface area contributed by atoms with E-state index in [-0.39, 0.29) is 0 Å². The molecule has 0 heterocycles. The minimum absolute atomic E-state index is 0.478. The van der Waals surface area contributed by atoms with Gasteiger partial charge in [0.1, 0.15) is 0 Å². The van der Waals surface area contributed by atoms with E-state index < -0.39 is 0 Å². The Hall–Kier alpha value is -3.38. The van der Waals surface area contributed by atoms with Gasteiger partial charge in [0.25, 0.3) is 0 Å². The van der Waals surface area contributed by atoms with Crippen LogP contribution < -0.4 is 0 Å². The van der Waals surface area contributed by atoms with E-state index in [4.69, 9.17) is 0 Å². The standard InChI is InChI=1S/C36H36/c1-4-13-32(36-25(6-3)23-34-28-17-11-10-16-27(28)20-21-31(34)36)35-24(5-2)22-33-29(18-12-19-30(33)35)26-14-8-7-9-15-26/h7-12,14-23,32,35-36H,4-6,13H2,1-3H3. The largest absolute Gasteiger partial charge is 0.0654 e. The minimum atomic E-state index is 0.478. The van der Waals surface area contributed by atoms with Crippen LogP contribution in [0.2, 0.25) is 0 Å². The quantitative estimate of drug-likeness (QED) is 0.253. The fraction of sp³-hybridized carbons (Fsp3) is 0.278. The average molecular weight is 469 g/mol. The van der Waals surface area contributed by atoms with Crippen molar-refractivity contribution in [3.8, 4) is 11.1 Å². The molecular formula is C36H36. The monoisotopic (exact) mass is 468 g/mol. The van der Waals surface area contributed by atoms with Gasteiger partial charge in [-0.15, -0.1) is 0 Å². The summed E-state index contributed by atoms with van der Waals surface area (Å²) in [6, 6.07) is 31.6. The van der Waals surface area contributed by atoms with Crippen LogP contribution in [0.5, 0.6) is 0 Å². The fourth-order valence-electron chi connectivity index (χ4n) is 7.09. The van der Waals surface area contributed by atoms with Gasteiger partial charge >= 0.3 is 0 Å². The molecular weight excluding hydrogens is 432 g/mol. The third kappa shape index (κ3) is 3.66. The SMILES string of the molecule is CCCC(C1C(CC)=Cc2c(-c3ccccc3)cccc21)C1C(CC)=Cc2c1ccc1ccccc21. The predicted octanol–water partition coefficient (Wildman–Crippen LogP) is 10.4. The average Bonchev–Trinajstić information content (AvgIpc) is 3.50. The second-order valence-electron chi connectivity index (χ2n) is 10.5. The van der Waals surface area contributed by atoms with E-state index in [1.165, 1.54) is 51.4 Å². The van der Waals surface area contributed by atoms with Crippen molar-refractivity contribution in [1.29, 1.82) is 0 Å². The second-order valence-corrected chi connectivity index (χ2v) is 10.5. The van der Waals surface area contributed by atoms with Gasteiger partial charge in [0, 0.05) is 11.8 Å². The highest BCUT2D eigenvalue weighted by Crippen LogP contribution is 2.55. The van der Waals surface area contributed by atoms with Crippen molar-refractivity contribution in [2.75, 3.05) is 0 Å². The van der Waals surface area contributed by atoms with Gasteiger partial charge in [0.15, 0.2) is 0 Å². The summed E-state index contributed by atoms with van der Waals surface area (Å²) in [5.74, 6) is 1.54. The Balaban J connectivity index is 1.51. The van der Waals surface area contributed by atoms with Crippen molar-refractivity contribution >= 4 is 22.9 Å². The number of hydrogen-bond acceptors (Lipinski definition) is 0. The van der Waals surface area contributed by atoms with E-state index in [0.717, 1.165) is 12.8 Å². The summed E-state index contributed by atoms with van der Waals surface area (Å²) in [5, 5.41) is 2.76. The van der Waals surface area contributed by atoms with Crippen molar-refractivity contribution in [2.24, 2.45) is 5.92 Å². The molecule has 0 saturated carbocycles. The predicted molar refractivity (Wildman–Crippen MR) is 156 cm³/mol. The van der Waals surface area contributed by atoms with Gasteiger partial charge < -0.3 is 0 Å². The van der Waals surface area contributed by atoms with Gasteiger partial charge in [-0.2, -0.15) is 0 Å². The van der Waals surface area contributed by atoms with E-state index in [1.807, 2.05) is 0 Å². The van der Waals surface area contributed by atoms with Crippen LogP contribution in [-0.4, -0.2) is 0 Å². The van der Waals surface area contributed by atoms with E-state index in [0.29, 0.717) is 17.8 Å². The first-order valence-corrected chi connectivity index (χ1v) is 13.9. The van der Waals surface area contributed by atoms with Gasteiger partial charge in [-0.1, -0.05) is 135 Å². The van der Waals surface area contributed by atoms with E-state index >= 15 is 0 Å². The lowest BCUT2D eigenvalue weighted by atomic mass is 9.69. The first-order chi connectivity index (χ1) is 17.7. The Morgan fingerprint density at radius 2 is 1.28 bits per heavy atom. The Kier molecular flexibility index (Phi) is 6.13. The van der Waals surface area contributed by atoms with E-state index in [9.17, 15) is 0 Å². The maximum atomic E-state index is 2.54. The maximum absolute atomic E-state index is 2.54. The molecule has 0 heteroatoms. The van der Waals surface area contributed by atoms with Gasteiger partial charge in [0.05, 0.1) is 0 Å². The molecule has 0 spiro atoms. The molecule has 0 aliphatic heterocycles. The van der Waals surface area contributed by atoms with Crippen LogP contribution in [0.15, 0.2) is 96.1 Å². The number of rotatable bonds is 7. The molecule has 36 heavy (non-hydrogen) atoms. The third-order valence-corrected chi connectivity index (χ3v) is 8.65. The number of benzene rings is 4. The molecule has 0 fully saturated rings. The highest BCUT2D eigenvalue weighted by molar-refractivity contribution is 5.94. The van der Waals surface area contributed by atoms with Gasteiger partial charge in [-0.3, -0.25) is 0 Å². The molecule has 4 aromatic carbocycles. The summed E-state index contributed by atoms with van der Waals surface area (Å²) >= 11 is 0. The zero-order chi connectivity index (χ0) is 24.6. The smallest absolute Gasteiger partial charge is 0.00947 e. The maximum Gasteiger partial charge on any atom is 0.00947 e. The first kappa shape index (κ1) is 23.0. The van der Waals surface area contributed by atoms with Crippen molar-refractivity contribution in [3.05, 3.63) is 118 Å². The Bertz CT molecular complexity index is 1470. The summed E-state index contributed by atoms with van der Waals surface area (Å²) in [4.78, 5) is 0. The lowest BCUT2D eigenvalue weighted by Gasteiger charge is -2.34. The highest BCUT2D eigenvalue weighted by Gasteiger charge is 2.40. The molecule has 0 aromatic heterocycles. The fourth-order valence-corrected chi connectivity index (χ4v) is 7.09. The van der Waals surface area contributed by atoms with Crippen LogP contribution >= 0.6 is 0 Å². The molecule has 0 saturated heterocycles. The molecule has 0 amide bonds. The van der Waals surface area contributed by atoms with Crippen LogP contribution in [0.4, 0.5) is 0 Å². The lowest BCUT2D eigenvalue weighted by Crippen LogP contribution is -2.22. The Labute approximate surface area is 216 Å². The molecule has 3 atom stereocenters. The molecule has 3 unspecified atom stereocenters. The number of hydrogen-bond donors (Lipinski definition) is 0. The van der Waals surface area contributed by atoms with Crippen molar-refractivity contribution < 1.29 is 0 Å². The van der Waals surface area contributed by atoms with Gasteiger partial charge in [-0.05, 0) is 69.3 Å². The molecule has 180 valence electrons. The number of allylic oxidation sites excluding steroid dienone is 2. The summed E-state index contributed by atoms with van der Waals surface area (Å²) in [6.07, 6.45) is 9.75. The van der Waals surface area contributed by atoms with Crippen molar-refractivity contribution in [3.63, 3.8) is 0 Å². The van der Waals surface area contributed by atoms with Crippen molar-refractivity contribution in [1.82, 2.24) is 0 Å². The zero-order valence-electron chi connectivity index (χ0n) is 21.8. The topological polar surface area (TPSA) is 0 Å². The Morgan fingerprint density at radius 3 is 2.00 bits per heavy atom.